The SMILES string of the molecule is c1ccc(OCc2nnc3sc([C@@H]4CCCN4)nn23)cc1. The lowest BCUT2D eigenvalue weighted by molar-refractivity contribution is 0.292. The molecule has 0 spiro atoms. The number of benzene rings is 1. The van der Waals surface area contributed by atoms with Gasteiger partial charge in [0.15, 0.2) is 5.82 Å². The molecule has 1 N–H and O–H groups in total. The third-order valence-electron chi connectivity index (χ3n) is 3.54. The van der Waals surface area contributed by atoms with E-state index in [2.05, 4.69) is 20.6 Å². The molecule has 0 saturated carbocycles. The van der Waals surface area contributed by atoms with Crippen LogP contribution in [-0.4, -0.2) is 26.4 Å². The highest BCUT2D eigenvalue weighted by molar-refractivity contribution is 7.16. The van der Waals surface area contributed by atoms with Crippen LogP contribution in [0.25, 0.3) is 4.96 Å². The first-order chi connectivity index (χ1) is 10.4. The Labute approximate surface area is 125 Å². The highest BCUT2D eigenvalue weighted by Crippen LogP contribution is 2.27. The van der Waals surface area contributed by atoms with Crippen LogP contribution in [0.2, 0.25) is 0 Å². The zero-order chi connectivity index (χ0) is 14.1. The molecule has 1 aliphatic heterocycles. The standard InChI is InChI=1S/C14H15N5OS/c1-2-5-10(6-3-1)20-9-12-16-17-14-19(12)18-13(21-14)11-7-4-8-15-11/h1-3,5-6,11,15H,4,7-9H2/t11-/m0/s1. The van der Waals surface area contributed by atoms with Gasteiger partial charge in [0.2, 0.25) is 4.96 Å². The molecule has 7 heteroatoms. The number of para-hydroxylation sites is 1. The van der Waals surface area contributed by atoms with Crippen molar-refractivity contribution in [1.29, 1.82) is 0 Å². The fraction of sp³-hybridized carbons (Fsp3) is 0.357. The summed E-state index contributed by atoms with van der Waals surface area (Å²) in [5.41, 5.74) is 0. The van der Waals surface area contributed by atoms with Crippen molar-refractivity contribution in [1.82, 2.24) is 25.1 Å². The van der Waals surface area contributed by atoms with Gasteiger partial charge in [-0.1, -0.05) is 29.5 Å². The number of ether oxygens (including phenoxy) is 1. The molecule has 0 aliphatic carbocycles. The average Bonchev–Trinajstić information content (AvgIpc) is 3.23. The lowest BCUT2D eigenvalue weighted by atomic mass is 10.2. The molecule has 2 aromatic heterocycles. The third-order valence-corrected chi connectivity index (χ3v) is 4.55. The zero-order valence-electron chi connectivity index (χ0n) is 11.4. The largest absolute Gasteiger partial charge is 0.486 e. The maximum atomic E-state index is 5.72. The minimum atomic E-state index is 0.361. The van der Waals surface area contributed by atoms with E-state index in [9.17, 15) is 0 Å². The van der Waals surface area contributed by atoms with E-state index in [1.54, 1.807) is 15.9 Å². The van der Waals surface area contributed by atoms with Crippen LogP contribution in [0.4, 0.5) is 0 Å². The predicted octanol–water partition coefficient (Wildman–Crippen LogP) is 2.19. The molecule has 108 valence electrons. The first kappa shape index (κ1) is 12.7. The Morgan fingerprint density at radius 3 is 3.00 bits per heavy atom. The molecule has 1 atom stereocenters. The van der Waals surface area contributed by atoms with Crippen molar-refractivity contribution < 1.29 is 4.74 Å². The fourth-order valence-corrected chi connectivity index (χ4v) is 3.43. The molecule has 4 rings (SSSR count). The maximum Gasteiger partial charge on any atom is 0.234 e. The molecule has 1 aromatic carbocycles. The van der Waals surface area contributed by atoms with Gasteiger partial charge in [-0.05, 0) is 31.5 Å². The molecular weight excluding hydrogens is 286 g/mol. The summed E-state index contributed by atoms with van der Waals surface area (Å²) in [5.74, 6) is 1.55. The zero-order valence-corrected chi connectivity index (χ0v) is 12.2. The van der Waals surface area contributed by atoms with Crippen LogP contribution in [0.3, 0.4) is 0 Å². The van der Waals surface area contributed by atoms with Crippen LogP contribution in [0.1, 0.15) is 29.7 Å². The summed E-state index contributed by atoms with van der Waals surface area (Å²) in [5, 5.41) is 17.5. The summed E-state index contributed by atoms with van der Waals surface area (Å²) in [6, 6.07) is 10.1. The summed E-state index contributed by atoms with van der Waals surface area (Å²) in [6.07, 6.45) is 2.34. The molecule has 3 aromatic rings. The van der Waals surface area contributed by atoms with Crippen molar-refractivity contribution in [3.63, 3.8) is 0 Å². The van der Waals surface area contributed by atoms with Gasteiger partial charge in [-0.2, -0.15) is 9.61 Å². The fourth-order valence-electron chi connectivity index (χ4n) is 2.46. The van der Waals surface area contributed by atoms with Crippen LogP contribution in [0.5, 0.6) is 5.75 Å². The molecule has 3 heterocycles. The summed E-state index contributed by atoms with van der Waals surface area (Å²) in [6.45, 7) is 1.43. The topological polar surface area (TPSA) is 64.3 Å². The third kappa shape index (κ3) is 2.50. The lowest BCUT2D eigenvalue weighted by Crippen LogP contribution is -2.13. The van der Waals surface area contributed by atoms with Crippen LogP contribution in [0, 0.1) is 0 Å². The van der Waals surface area contributed by atoms with Crippen molar-refractivity contribution in [2.24, 2.45) is 0 Å². The molecule has 0 radical (unpaired) electrons. The van der Waals surface area contributed by atoms with Crippen LogP contribution < -0.4 is 10.1 Å². The molecule has 1 saturated heterocycles. The summed E-state index contributed by atoms with van der Waals surface area (Å²) >= 11 is 1.60. The number of hydrogen-bond donors (Lipinski definition) is 1. The van der Waals surface area contributed by atoms with Gasteiger partial charge in [-0.3, -0.25) is 0 Å². The first-order valence-corrected chi connectivity index (χ1v) is 7.84. The minimum Gasteiger partial charge on any atom is -0.486 e. The number of hydrogen-bond acceptors (Lipinski definition) is 6. The van der Waals surface area contributed by atoms with E-state index in [4.69, 9.17) is 4.74 Å². The van der Waals surface area contributed by atoms with Crippen molar-refractivity contribution in [2.75, 3.05) is 6.54 Å². The molecule has 0 amide bonds. The minimum absolute atomic E-state index is 0.361. The maximum absolute atomic E-state index is 5.72. The highest BCUT2D eigenvalue weighted by atomic mass is 32.1. The Hall–Kier alpha value is -1.99. The van der Waals surface area contributed by atoms with Gasteiger partial charge < -0.3 is 10.1 Å². The van der Waals surface area contributed by atoms with Gasteiger partial charge >= 0.3 is 0 Å². The predicted molar refractivity (Wildman–Crippen MR) is 79.4 cm³/mol. The molecule has 6 nitrogen and oxygen atoms in total. The smallest absolute Gasteiger partial charge is 0.234 e. The van der Waals surface area contributed by atoms with Crippen molar-refractivity contribution in [3.05, 3.63) is 41.2 Å². The van der Waals surface area contributed by atoms with E-state index in [-0.39, 0.29) is 0 Å². The van der Waals surface area contributed by atoms with Crippen LogP contribution in [-0.2, 0) is 6.61 Å². The van der Waals surface area contributed by atoms with E-state index in [1.165, 1.54) is 6.42 Å². The van der Waals surface area contributed by atoms with Gasteiger partial charge in [-0.15, -0.1) is 10.2 Å². The van der Waals surface area contributed by atoms with E-state index >= 15 is 0 Å². The van der Waals surface area contributed by atoms with Gasteiger partial charge in [0, 0.05) is 0 Å². The second-order valence-corrected chi connectivity index (χ2v) is 5.99. The first-order valence-electron chi connectivity index (χ1n) is 7.02. The molecule has 0 bridgehead atoms. The van der Waals surface area contributed by atoms with E-state index in [0.29, 0.717) is 12.6 Å². The Morgan fingerprint density at radius 1 is 1.29 bits per heavy atom. The number of nitrogens with zero attached hydrogens (tertiary/aromatic N) is 4. The monoisotopic (exact) mass is 301 g/mol. The lowest BCUT2D eigenvalue weighted by Gasteiger charge is -2.04. The van der Waals surface area contributed by atoms with Crippen LogP contribution >= 0.6 is 11.3 Å². The Balaban J connectivity index is 1.55. The van der Waals surface area contributed by atoms with Crippen molar-refractivity contribution in [3.8, 4) is 5.75 Å². The van der Waals surface area contributed by atoms with Crippen LogP contribution in [0.15, 0.2) is 30.3 Å². The number of aromatic nitrogens is 4. The number of rotatable bonds is 4. The Bertz CT molecular complexity index is 732. The Kier molecular flexibility index (Phi) is 3.28. The highest BCUT2D eigenvalue weighted by Gasteiger charge is 2.22. The van der Waals surface area contributed by atoms with Gasteiger partial charge in [0.05, 0.1) is 6.04 Å². The molecular formula is C14H15N5OS. The molecule has 0 unspecified atom stereocenters. The van der Waals surface area contributed by atoms with Gasteiger partial charge in [0.25, 0.3) is 0 Å². The van der Waals surface area contributed by atoms with Crippen molar-refractivity contribution in [2.45, 2.75) is 25.5 Å². The van der Waals surface area contributed by atoms with E-state index in [0.717, 1.165) is 34.5 Å². The quantitative estimate of drug-likeness (QED) is 0.800. The molecule has 21 heavy (non-hydrogen) atoms. The average molecular weight is 301 g/mol. The number of nitrogens with one attached hydrogen (secondary N) is 1. The normalized spacial score (nSPS) is 18.4. The van der Waals surface area contributed by atoms with Gasteiger partial charge in [0.1, 0.15) is 17.4 Å². The summed E-state index contributed by atoms with van der Waals surface area (Å²) < 4.78 is 7.51. The molecule has 1 fully saturated rings. The summed E-state index contributed by atoms with van der Waals surface area (Å²) in [4.78, 5) is 0.824. The van der Waals surface area contributed by atoms with E-state index in [1.807, 2.05) is 30.3 Å². The molecule has 1 aliphatic rings. The summed E-state index contributed by atoms with van der Waals surface area (Å²) in [7, 11) is 0. The Morgan fingerprint density at radius 2 is 2.19 bits per heavy atom. The van der Waals surface area contributed by atoms with E-state index < -0.39 is 0 Å². The second kappa shape index (κ2) is 5.42. The number of fused-ring (bicyclic) bond motifs is 1. The second-order valence-electron chi connectivity index (χ2n) is 5.00. The van der Waals surface area contributed by atoms with Gasteiger partial charge in [-0.25, -0.2) is 0 Å². The van der Waals surface area contributed by atoms with Crippen molar-refractivity contribution >= 4 is 16.3 Å².